The summed E-state index contributed by atoms with van der Waals surface area (Å²) < 4.78 is 0. The molecule has 0 aliphatic heterocycles. The number of nitrogens with zero attached hydrogens (tertiary/aromatic N) is 2. The molecule has 19 heavy (non-hydrogen) atoms. The van der Waals surface area contributed by atoms with Crippen LogP contribution in [0.15, 0.2) is 18.2 Å². The summed E-state index contributed by atoms with van der Waals surface area (Å²) in [5.41, 5.74) is 8.05. The van der Waals surface area contributed by atoms with Crippen LogP contribution in [-0.2, 0) is 0 Å². The van der Waals surface area contributed by atoms with Crippen molar-refractivity contribution in [2.75, 3.05) is 37.8 Å². The Morgan fingerprint density at radius 3 is 2.47 bits per heavy atom. The Labute approximate surface area is 116 Å². The molecule has 0 fully saturated rings. The van der Waals surface area contributed by atoms with Crippen LogP contribution in [0.2, 0.25) is 0 Å². The molecule has 4 heteroatoms. The third-order valence-electron chi connectivity index (χ3n) is 3.25. The number of nitrogens with two attached hydrogens (primary N) is 1. The van der Waals surface area contributed by atoms with Gasteiger partial charge < -0.3 is 15.5 Å². The van der Waals surface area contributed by atoms with Crippen molar-refractivity contribution in [2.45, 2.75) is 26.8 Å². The lowest BCUT2D eigenvalue weighted by atomic mass is 10.1. The number of likely N-dealkylation sites (N-methyl/N-ethyl adjacent to an activating group) is 2. The maximum atomic E-state index is 11.6. The van der Waals surface area contributed by atoms with E-state index in [1.165, 1.54) is 0 Å². The Hall–Kier alpha value is -1.55. The van der Waals surface area contributed by atoms with Crippen LogP contribution in [0, 0.1) is 0 Å². The van der Waals surface area contributed by atoms with Crippen LogP contribution in [0.5, 0.6) is 0 Å². The molecule has 4 nitrogen and oxygen atoms in total. The van der Waals surface area contributed by atoms with Gasteiger partial charge in [0.1, 0.15) is 0 Å². The minimum absolute atomic E-state index is 0.00988. The summed E-state index contributed by atoms with van der Waals surface area (Å²) >= 11 is 0. The van der Waals surface area contributed by atoms with E-state index >= 15 is 0 Å². The molecule has 0 saturated carbocycles. The van der Waals surface area contributed by atoms with Gasteiger partial charge in [0, 0.05) is 36.1 Å². The molecule has 0 aromatic heterocycles. The van der Waals surface area contributed by atoms with E-state index in [0.29, 0.717) is 17.3 Å². The van der Waals surface area contributed by atoms with E-state index in [9.17, 15) is 4.79 Å². The summed E-state index contributed by atoms with van der Waals surface area (Å²) in [4.78, 5) is 16.0. The fourth-order valence-corrected chi connectivity index (χ4v) is 2.40. The van der Waals surface area contributed by atoms with Gasteiger partial charge in [-0.1, -0.05) is 0 Å². The Morgan fingerprint density at radius 2 is 2.00 bits per heavy atom. The lowest BCUT2D eigenvalue weighted by Gasteiger charge is -2.32. The van der Waals surface area contributed by atoms with Gasteiger partial charge >= 0.3 is 0 Å². The molecule has 1 aromatic rings. The molecule has 0 amide bonds. The first-order valence-electron chi connectivity index (χ1n) is 6.68. The van der Waals surface area contributed by atoms with Crippen molar-refractivity contribution < 1.29 is 4.79 Å². The molecule has 0 bridgehead atoms. The zero-order valence-corrected chi connectivity index (χ0v) is 12.6. The molecule has 106 valence electrons. The zero-order chi connectivity index (χ0) is 14.6. The van der Waals surface area contributed by atoms with Crippen molar-refractivity contribution in [3.63, 3.8) is 0 Å². The Morgan fingerprint density at radius 1 is 1.37 bits per heavy atom. The predicted octanol–water partition coefficient (Wildman–Crippen LogP) is 2.25. The maximum Gasteiger partial charge on any atom is 0.161 e. The summed E-state index contributed by atoms with van der Waals surface area (Å²) in [6.45, 7) is 7.72. The molecule has 2 N–H and O–H groups in total. The van der Waals surface area contributed by atoms with Gasteiger partial charge in [-0.3, -0.25) is 4.79 Å². The highest BCUT2D eigenvalue weighted by Gasteiger charge is 2.15. The average molecular weight is 263 g/mol. The molecule has 1 rings (SSSR count). The van der Waals surface area contributed by atoms with Gasteiger partial charge in [0.2, 0.25) is 0 Å². The first kappa shape index (κ1) is 15.5. The van der Waals surface area contributed by atoms with E-state index < -0.39 is 0 Å². The number of rotatable bonds is 6. The van der Waals surface area contributed by atoms with Crippen LogP contribution in [-0.4, -0.2) is 43.9 Å². The molecule has 1 aromatic carbocycles. The summed E-state index contributed by atoms with van der Waals surface area (Å²) in [5, 5.41) is 0. The lowest BCUT2D eigenvalue weighted by molar-refractivity contribution is 0.101. The molecular formula is C15H25N3O. The van der Waals surface area contributed by atoms with Crippen molar-refractivity contribution in [2.24, 2.45) is 0 Å². The number of hydrogen-bond acceptors (Lipinski definition) is 4. The number of nitrogen functional groups attached to an aromatic ring is 1. The monoisotopic (exact) mass is 263 g/mol. The normalized spacial score (nSPS) is 12.5. The summed E-state index contributed by atoms with van der Waals surface area (Å²) in [6, 6.07) is 6.07. The number of ketones is 1. The number of benzene rings is 1. The Balaban J connectivity index is 3.05. The highest BCUT2D eigenvalue weighted by atomic mass is 16.1. The minimum atomic E-state index is 0.00988. The quantitative estimate of drug-likeness (QED) is 0.632. The molecule has 1 unspecified atom stereocenters. The van der Waals surface area contributed by atoms with Gasteiger partial charge in [0.05, 0.1) is 0 Å². The van der Waals surface area contributed by atoms with Crippen molar-refractivity contribution >= 4 is 17.2 Å². The Bertz CT molecular complexity index is 443. The number of carbonyl (C=O) groups excluding carboxylic acids is 1. The fourth-order valence-electron chi connectivity index (χ4n) is 2.40. The van der Waals surface area contributed by atoms with Crippen molar-refractivity contribution in [1.82, 2.24) is 4.90 Å². The van der Waals surface area contributed by atoms with E-state index in [2.05, 4.69) is 37.7 Å². The van der Waals surface area contributed by atoms with Gasteiger partial charge in [-0.15, -0.1) is 0 Å². The Kier molecular flexibility index (Phi) is 5.36. The molecule has 0 radical (unpaired) electrons. The average Bonchev–Trinajstić information content (AvgIpc) is 2.30. The molecule has 0 heterocycles. The summed E-state index contributed by atoms with van der Waals surface area (Å²) in [6.07, 6.45) is 0. The fraction of sp³-hybridized carbons (Fsp3) is 0.533. The van der Waals surface area contributed by atoms with Gasteiger partial charge in [-0.25, -0.2) is 0 Å². The summed E-state index contributed by atoms with van der Waals surface area (Å²) in [7, 11) is 4.13. The molecule has 0 aliphatic carbocycles. The second-order valence-electron chi connectivity index (χ2n) is 5.23. The second-order valence-corrected chi connectivity index (χ2v) is 5.23. The first-order chi connectivity index (χ1) is 8.86. The van der Waals surface area contributed by atoms with E-state index in [0.717, 1.165) is 18.8 Å². The SMILES string of the molecule is CCN(c1ccc(N)c(C(C)=O)c1)C(C)CN(C)C. The summed E-state index contributed by atoms with van der Waals surface area (Å²) in [5.74, 6) is 0.00988. The second kappa shape index (κ2) is 6.57. The third kappa shape index (κ3) is 3.96. The molecule has 0 saturated heterocycles. The molecule has 1 atom stereocenters. The number of carbonyl (C=O) groups is 1. The van der Waals surface area contributed by atoms with Crippen LogP contribution >= 0.6 is 0 Å². The van der Waals surface area contributed by atoms with Gasteiger partial charge in [0.15, 0.2) is 5.78 Å². The highest BCUT2D eigenvalue weighted by molar-refractivity contribution is 6.00. The van der Waals surface area contributed by atoms with E-state index in [1.54, 1.807) is 6.92 Å². The zero-order valence-electron chi connectivity index (χ0n) is 12.6. The van der Waals surface area contributed by atoms with Gasteiger partial charge in [-0.2, -0.15) is 0 Å². The minimum Gasteiger partial charge on any atom is -0.398 e. The smallest absolute Gasteiger partial charge is 0.161 e. The lowest BCUT2D eigenvalue weighted by Crippen LogP contribution is -2.40. The van der Waals surface area contributed by atoms with Crippen molar-refractivity contribution in [3.05, 3.63) is 23.8 Å². The van der Waals surface area contributed by atoms with E-state index in [-0.39, 0.29) is 5.78 Å². The number of Topliss-reactive ketones (excluding diaryl/α,β-unsaturated/α-hetero) is 1. The highest BCUT2D eigenvalue weighted by Crippen LogP contribution is 2.23. The van der Waals surface area contributed by atoms with Crippen LogP contribution in [0.25, 0.3) is 0 Å². The first-order valence-corrected chi connectivity index (χ1v) is 6.68. The standard InChI is InChI=1S/C15H25N3O/c1-6-18(11(2)10-17(4)5)13-7-8-15(16)14(9-13)12(3)19/h7-9,11H,6,10,16H2,1-5H3. The van der Waals surface area contributed by atoms with Crippen LogP contribution in [0.3, 0.4) is 0 Å². The van der Waals surface area contributed by atoms with Gasteiger partial charge in [0.25, 0.3) is 0 Å². The largest absolute Gasteiger partial charge is 0.398 e. The predicted molar refractivity (Wildman–Crippen MR) is 81.9 cm³/mol. The number of hydrogen-bond donors (Lipinski definition) is 1. The van der Waals surface area contributed by atoms with E-state index in [1.807, 2.05) is 18.2 Å². The topological polar surface area (TPSA) is 49.6 Å². The van der Waals surface area contributed by atoms with Gasteiger partial charge in [-0.05, 0) is 53.1 Å². The third-order valence-corrected chi connectivity index (χ3v) is 3.25. The van der Waals surface area contributed by atoms with Crippen molar-refractivity contribution in [1.29, 1.82) is 0 Å². The van der Waals surface area contributed by atoms with E-state index in [4.69, 9.17) is 5.73 Å². The van der Waals surface area contributed by atoms with Crippen LogP contribution < -0.4 is 10.6 Å². The molecular weight excluding hydrogens is 238 g/mol. The van der Waals surface area contributed by atoms with Crippen molar-refractivity contribution in [3.8, 4) is 0 Å². The molecule has 0 aliphatic rings. The number of anilines is 2. The van der Waals surface area contributed by atoms with Crippen LogP contribution in [0.1, 0.15) is 31.1 Å². The maximum absolute atomic E-state index is 11.6. The van der Waals surface area contributed by atoms with Crippen LogP contribution in [0.4, 0.5) is 11.4 Å². The molecule has 0 spiro atoms.